The summed E-state index contributed by atoms with van der Waals surface area (Å²) in [6.45, 7) is 0.118. The lowest BCUT2D eigenvalue weighted by Crippen LogP contribution is -2.46. The van der Waals surface area contributed by atoms with E-state index in [2.05, 4.69) is 10.6 Å². The van der Waals surface area contributed by atoms with Gasteiger partial charge in [-0.15, -0.1) is 0 Å². The Labute approximate surface area is 179 Å². The van der Waals surface area contributed by atoms with Crippen LogP contribution < -0.4 is 10.6 Å². The minimum absolute atomic E-state index is 0.0148. The summed E-state index contributed by atoms with van der Waals surface area (Å²) in [5.41, 5.74) is 0.409. The van der Waals surface area contributed by atoms with Gasteiger partial charge in [0.2, 0.25) is 21.8 Å². The minimum atomic E-state index is -3.73. The van der Waals surface area contributed by atoms with Gasteiger partial charge in [0.15, 0.2) is 0 Å². The molecule has 3 N–H and O–H groups in total. The molecule has 1 atom stereocenters. The zero-order valence-electron chi connectivity index (χ0n) is 16.0. The third-order valence-corrected chi connectivity index (χ3v) is 6.89. The second kappa shape index (κ2) is 9.46. The van der Waals surface area contributed by atoms with E-state index in [1.807, 2.05) is 0 Å². The largest absolute Gasteiger partial charge is 0.508 e. The lowest BCUT2D eigenvalue weighted by molar-refractivity contribution is -0.128. The van der Waals surface area contributed by atoms with E-state index >= 15 is 0 Å². The van der Waals surface area contributed by atoms with Crippen LogP contribution >= 0.6 is 11.6 Å². The van der Waals surface area contributed by atoms with Gasteiger partial charge in [0, 0.05) is 29.9 Å². The predicted octanol–water partition coefficient (Wildman–Crippen LogP) is 2.20. The Balaban J connectivity index is 1.56. The van der Waals surface area contributed by atoms with Gasteiger partial charge in [0.25, 0.3) is 0 Å². The SMILES string of the molecule is O=C(CNC(=O)C1CCCN(S(=O)(=O)c2ccc(Cl)cc2)C1)Nc1cccc(O)c1. The number of carbonyl (C=O) groups is 2. The number of sulfonamides is 1. The Bertz CT molecular complexity index is 1030. The van der Waals surface area contributed by atoms with E-state index in [-0.39, 0.29) is 29.6 Å². The van der Waals surface area contributed by atoms with Crippen LogP contribution in [0.25, 0.3) is 0 Å². The number of aromatic hydroxyl groups is 1. The molecular formula is C20H22ClN3O5S. The van der Waals surface area contributed by atoms with Gasteiger partial charge in [0.1, 0.15) is 5.75 Å². The summed E-state index contributed by atoms with van der Waals surface area (Å²) in [6, 6.07) is 12.0. The third kappa shape index (κ3) is 5.50. The van der Waals surface area contributed by atoms with Gasteiger partial charge in [-0.2, -0.15) is 4.31 Å². The number of nitrogens with zero attached hydrogens (tertiary/aromatic N) is 1. The molecule has 8 nitrogen and oxygen atoms in total. The van der Waals surface area contributed by atoms with Crippen molar-refractivity contribution < 1.29 is 23.1 Å². The molecular weight excluding hydrogens is 430 g/mol. The number of hydrogen-bond acceptors (Lipinski definition) is 5. The second-order valence-electron chi connectivity index (χ2n) is 6.97. The Morgan fingerprint density at radius 1 is 1.17 bits per heavy atom. The molecule has 2 aromatic carbocycles. The summed E-state index contributed by atoms with van der Waals surface area (Å²) in [4.78, 5) is 24.6. The van der Waals surface area contributed by atoms with Crippen molar-refractivity contribution >= 4 is 39.1 Å². The van der Waals surface area contributed by atoms with Crippen molar-refractivity contribution in [3.63, 3.8) is 0 Å². The van der Waals surface area contributed by atoms with Gasteiger partial charge >= 0.3 is 0 Å². The predicted molar refractivity (Wildman–Crippen MR) is 113 cm³/mol. The standard InChI is InChI=1S/C20H22ClN3O5S/c21-15-6-8-18(9-7-15)30(28,29)24-10-2-3-14(13-24)20(27)22-12-19(26)23-16-4-1-5-17(25)11-16/h1,4-9,11,14,25H,2-3,10,12-13H2,(H,22,27)(H,23,26). The van der Waals surface area contributed by atoms with Crippen LogP contribution in [0.15, 0.2) is 53.4 Å². The van der Waals surface area contributed by atoms with E-state index in [0.29, 0.717) is 30.1 Å². The van der Waals surface area contributed by atoms with Gasteiger partial charge in [-0.1, -0.05) is 17.7 Å². The van der Waals surface area contributed by atoms with E-state index in [9.17, 15) is 23.1 Å². The second-order valence-corrected chi connectivity index (χ2v) is 9.35. The number of benzene rings is 2. The summed E-state index contributed by atoms with van der Waals surface area (Å²) in [7, 11) is -3.73. The van der Waals surface area contributed by atoms with Crippen LogP contribution in [0.1, 0.15) is 12.8 Å². The van der Waals surface area contributed by atoms with Gasteiger partial charge in [-0.3, -0.25) is 9.59 Å². The molecule has 0 saturated carbocycles. The first-order valence-electron chi connectivity index (χ1n) is 9.38. The van der Waals surface area contributed by atoms with Gasteiger partial charge in [-0.05, 0) is 49.2 Å². The molecule has 0 aromatic heterocycles. The van der Waals surface area contributed by atoms with Crippen LogP contribution in [-0.4, -0.2) is 49.3 Å². The smallest absolute Gasteiger partial charge is 0.243 e. The summed E-state index contributed by atoms with van der Waals surface area (Å²) in [5.74, 6) is -1.36. The average molecular weight is 452 g/mol. The topological polar surface area (TPSA) is 116 Å². The number of phenolic OH excluding ortho intramolecular Hbond substituents is 1. The van der Waals surface area contributed by atoms with Crippen LogP contribution in [0.3, 0.4) is 0 Å². The number of halogens is 1. The number of carbonyl (C=O) groups excluding carboxylic acids is 2. The summed E-state index contributed by atoms with van der Waals surface area (Å²) < 4.78 is 26.9. The normalized spacial score (nSPS) is 17.3. The number of anilines is 1. The first-order chi connectivity index (χ1) is 14.3. The highest BCUT2D eigenvalue weighted by molar-refractivity contribution is 7.89. The number of nitrogens with one attached hydrogen (secondary N) is 2. The number of piperidine rings is 1. The van der Waals surface area contributed by atoms with Gasteiger partial charge < -0.3 is 15.7 Å². The van der Waals surface area contributed by atoms with Crippen molar-refractivity contribution in [3.05, 3.63) is 53.6 Å². The lowest BCUT2D eigenvalue weighted by Gasteiger charge is -2.31. The maximum Gasteiger partial charge on any atom is 0.243 e. The first kappa shape index (κ1) is 22.1. The van der Waals surface area contributed by atoms with Crippen LogP contribution in [0.4, 0.5) is 5.69 Å². The molecule has 1 saturated heterocycles. The van der Waals surface area contributed by atoms with Crippen molar-refractivity contribution in [3.8, 4) is 5.75 Å². The molecule has 1 aliphatic rings. The Morgan fingerprint density at radius 3 is 2.60 bits per heavy atom. The molecule has 1 aliphatic heterocycles. The van der Waals surface area contributed by atoms with Crippen LogP contribution in [0, 0.1) is 5.92 Å². The summed E-state index contributed by atoms with van der Waals surface area (Å²) in [5, 5.41) is 15.0. The molecule has 3 rings (SSSR count). The molecule has 1 heterocycles. The van der Waals surface area contributed by atoms with Crippen molar-refractivity contribution in [2.75, 3.05) is 25.0 Å². The molecule has 30 heavy (non-hydrogen) atoms. The fraction of sp³-hybridized carbons (Fsp3) is 0.300. The van der Waals surface area contributed by atoms with E-state index in [0.717, 1.165) is 0 Å². The highest BCUT2D eigenvalue weighted by atomic mass is 35.5. The van der Waals surface area contributed by atoms with Crippen LogP contribution in [-0.2, 0) is 19.6 Å². The molecule has 2 aromatic rings. The number of rotatable bonds is 6. The fourth-order valence-electron chi connectivity index (χ4n) is 3.23. The number of amides is 2. The van der Waals surface area contributed by atoms with E-state index in [1.54, 1.807) is 12.1 Å². The zero-order valence-corrected chi connectivity index (χ0v) is 17.6. The van der Waals surface area contributed by atoms with Crippen molar-refractivity contribution in [1.29, 1.82) is 0 Å². The lowest BCUT2D eigenvalue weighted by atomic mass is 9.99. The monoisotopic (exact) mass is 451 g/mol. The molecule has 1 unspecified atom stereocenters. The van der Waals surface area contributed by atoms with Crippen molar-refractivity contribution in [1.82, 2.24) is 9.62 Å². The van der Waals surface area contributed by atoms with Gasteiger partial charge in [0.05, 0.1) is 17.4 Å². The van der Waals surface area contributed by atoms with Crippen LogP contribution in [0.5, 0.6) is 5.75 Å². The maximum atomic E-state index is 12.8. The first-order valence-corrected chi connectivity index (χ1v) is 11.2. The Hall–Kier alpha value is -2.62. The molecule has 10 heteroatoms. The van der Waals surface area contributed by atoms with Crippen molar-refractivity contribution in [2.24, 2.45) is 5.92 Å². The average Bonchev–Trinajstić information content (AvgIpc) is 2.72. The highest BCUT2D eigenvalue weighted by Crippen LogP contribution is 2.25. The molecule has 0 aliphatic carbocycles. The molecule has 1 fully saturated rings. The van der Waals surface area contributed by atoms with Crippen LogP contribution in [0.2, 0.25) is 5.02 Å². The number of phenols is 1. The Morgan fingerprint density at radius 2 is 1.90 bits per heavy atom. The molecule has 0 bridgehead atoms. The Kier molecular flexibility index (Phi) is 6.96. The molecule has 0 spiro atoms. The van der Waals surface area contributed by atoms with Crippen molar-refractivity contribution in [2.45, 2.75) is 17.7 Å². The number of hydrogen-bond donors (Lipinski definition) is 3. The summed E-state index contributed by atoms with van der Waals surface area (Å²) >= 11 is 5.82. The molecule has 2 amide bonds. The van der Waals surface area contributed by atoms with E-state index < -0.39 is 21.8 Å². The molecule has 160 valence electrons. The fourth-order valence-corrected chi connectivity index (χ4v) is 4.88. The highest BCUT2D eigenvalue weighted by Gasteiger charge is 2.33. The minimum Gasteiger partial charge on any atom is -0.508 e. The molecule has 0 radical (unpaired) electrons. The summed E-state index contributed by atoms with van der Waals surface area (Å²) in [6.07, 6.45) is 1.08. The maximum absolute atomic E-state index is 12.8. The quantitative estimate of drug-likeness (QED) is 0.622. The van der Waals surface area contributed by atoms with Gasteiger partial charge in [-0.25, -0.2) is 8.42 Å². The zero-order chi connectivity index (χ0) is 21.7. The van der Waals surface area contributed by atoms with E-state index in [1.165, 1.54) is 40.7 Å². The van der Waals surface area contributed by atoms with E-state index in [4.69, 9.17) is 11.6 Å². The third-order valence-electron chi connectivity index (χ3n) is 4.76.